The molecule has 14 heavy (non-hydrogen) atoms. The van der Waals surface area contributed by atoms with Gasteiger partial charge in [-0.2, -0.15) is 0 Å². The first-order chi connectivity index (χ1) is 6.86. The average Bonchev–Trinajstić information content (AvgIpc) is 2.87. The van der Waals surface area contributed by atoms with Gasteiger partial charge in [-0.1, -0.05) is 11.8 Å². The maximum absolute atomic E-state index is 11.6. The van der Waals surface area contributed by atoms with Gasteiger partial charge in [0, 0.05) is 12.5 Å². The van der Waals surface area contributed by atoms with E-state index in [0.29, 0.717) is 24.2 Å². The van der Waals surface area contributed by atoms with E-state index in [9.17, 15) is 4.79 Å². The van der Waals surface area contributed by atoms with Crippen molar-refractivity contribution in [2.24, 2.45) is 5.92 Å². The molecule has 5 heteroatoms. The van der Waals surface area contributed by atoms with Gasteiger partial charge in [-0.05, 0) is 6.42 Å². The zero-order valence-corrected chi connectivity index (χ0v) is 8.46. The number of hydrogen-bond acceptors (Lipinski definition) is 5. The minimum atomic E-state index is 0.0810. The number of Topliss-reactive ketones (excluding diaryl/α,β-unsaturated/α-hetero) is 1. The first-order valence-electron chi connectivity index (χ1n) is 4.49. The quantitative estimate of drug-likeness (QED) is 0.707. The van der Waals surface area contributed by atoms with Gasteiger partial charge < -0.3 is 9.15 Å². The number of oxazole rings is 1. The Hall–Kier alpha value is -0.810. The van der Waals surface area contributed by atoms with Crippen molar-refractivity contribution in [1.29, 1.82) is 0 Å². The van der Waals surface area contributed by atoms with E-state index in [1.807, 2.05) is 0 Å². The molecule has 0 N–H and O–H groups in total. The van der Waals surface area contributed by atoms with Gasteiger partial charge in [0.15, 0.2) is 0 Å². The molecule has 76 valence electrons. The molecule has 2 heterocycles. The molecule has 1 unspecified atom stereocenters. The zero-order chi connectivity index (χ0) is 9.80. The lowest BCUT2D eigenvalue weighted by molar-refractivity contribution is -0.120. The van der Waals surface area contributed by atoms with Gasteiger partial charge in [0.25, 0.3) is 5.22 Å². The Morgan fingerprint density at radius 3 is 3.29 bits per heavy atom. The van der Waals surface area contributed by atoms with E-state index < -0.39 is 0 Å². The summed E-state index contributed by atoms with van der Waals surface area (Å²) in [5, 5.41) is 0.553. The normalized spacial score (nSPS) is 21.3. The van der Waals surface area contributed by atoms with Crippen LogP contribution in [0, 0.1) is 5.92 Å². The molecule has 1 atom stereocenters. The van der Waals surface area contributed by atoms with Crippen LogP contribution in [0.15, 0.2) is 22.1 Å². The first kappa shape index (κ1) is 9.73. The molecule has 0 spiro atoms. The number of carbonyl (C=O) groups is 1. The van der Waals surface area contributed by atoms with Crippen LogP contribution < -0.4 is 0 Å². The van der Waals surface area contributed by atoms with E-state index in [1.165, 1.54) is 18.0 Å². The molecular weight excluding hydrogens is 202 g/mol. The lowest BCUT2D eigenvalue weighted by atomic mass is 10.1. The van der Waals surface area contributed by atoms with Crippen LogP contribution in [0.25, 0.3) is 0 Å². The van der Waals surface area contributed by atoms with E-state index in [1.54, 1.807) is 6.20 Å². The third-order valence-corrected chi connectivity index (χ3v) is 3.01. The first-order valence-corrected chi connectivity index (χ1v) is 5.47. The Morgan fingerprint density at radius 2 is 2.64 bits per heavy atom. The second-order valence-corrected chi connectivity index (χ2v) is 4.04. The maximum atomic E-state index is 11.6. The fourth-order valence-electron chi connectivity index (χ4n) is 1.32. The Kier molecular flexibility index (Phi) is 3.21. The molecule has 1 fully saturated rings. The van der Waals surface area contributed by atoms with Gasteiger partial charge in [-0.15, -0.1) is 0 Å². The minimum absolute atomic E-state index is 0.0810. The lowest BCUT2D eigenvalue weighted by Gasteiger charge is -2.03. The van der Waals surface area contributed by atoms with Crippen molar-refractivity contribution in [2.75, 3.05) is 19.0 Å². The van der Waals surface area contributed by atoms with Gasteiger partial charge in [0.1, 0.15) is 12.0 Å². The van der Waals surface area contributed by atoms with Gasteiger partial charge in [-0.25, -0.2) is 4.98 Å². The highest BCUT2D eigenvalue weighted by Gasteiger charge is 2.23. The van der Waals surface area contributed by atoms with Crippen molar-refractivity contribution < 1.29 is 13.9 Å². The Bertz CT molecular complexity index is 293. The minimum Gasteiger partial charge on any atom is -0.440 e. The smallest absolute Gasteiger partial charge is 0.255 e. The Balaban J connectivity index is 1.77. The molecule has 0 saturated carbocycles. The molecule has 0 aliphatic carbocycles. The van der Waals surface area contributed by atoms with Crippen molar-refractivity contribution in [3.63, 3.8) is 0 Å². The van der Waals surface area contributed by atoms with E-state index in [0.717, 1.165) is 6.42 Å². The molecule has 1 aromatic rings. The van der Waals surface area contributed by atoms with Gasteiger partial charge in [0.05, 0.1) is 18.6 Å². The van der Waals surface area contributed by atoms with Crippen molar-refractivity contribution >= 4 is 17.5 Å². The number of thioether (sulfide) groups is 1. The zero-order valence-electron chi connectivity index (χ0n) is 7.64. The van der Waals surface area contributed by atoms with Crippen LogP contribution in [-0.4, -0.2) is 29.7 Å². The fraction of sp³-hybridized carbons (Fsp3) is 0.556. The van der Waals surface area contributed by atoms with Crippen LogP contribution in [-0.2, 0) is 9.53 Å². The number of rotatable bonds is 4. The summed E-state index contributed by atoms with van der Waals surface area (Å²) in [4.78, 5) is 15.5. The third-order valence-electron chi connectivity index (χ3n) is 2.13. The Labute approximate surface area is 86.0 Å². The monoisotopic (exact) mass is 213 g/mol. The Morgan fingerprint density at radius 1 is 1.71 bits per heavy atom. The van der Waals surface area contributed by atoms with Crippen LogP contribution in [0.3, 0.4) is 0 Å². The largest absolute Gasteiger partial charge is 0.440 e. The van der Waals surface area contributed by atoms with E-state index in [-0.39, 0.29) is 11.7 Å². The van der Waals surface area contributed by atoms with Crippen LogP contribution in [0.4, 0.5) is 0 Å². The number of nitrogens with zero attached hydrogens (tertiary/aromatic N) is 1. The van der Waals surface area contributed by atoms with E-state index in [2.05, 4.69) is 4.98 Å². The van der Waals surface area contributed by atoms with Gasteiger partial charge in [-0.3, -0.25) is 4.79 Å². The third kappa shape index (κ3) is 2.36. The average molecular weight is 213 g/mol. The number of ether oxygens (including phenoxy) is 1. The van der Waals surface area contributed by atoms with Crippen LogP contribution >= 0.6 is 11.8 Å². The molecule has 1 saturated heterocycles. The van der Waals surface area contributed by atoms with Crippen molar-refractivity contribution in [3.05, 3.63) is 12.5 Å². The van der Waals surface area contributed by atoms with Crippen LogP contribution in [0.1, 0.15) is 6.42 Å². The summed E-state index contributed by atoms with van der Waals surface area (Å²) in [6.45, 7) is 1.28. The standard InChI is InChI=1S/C9H11NO3S/c11-8(7-1-3-12-5-7)6-14-9-10-2-4-13-9/h2,4,7H,1,3,5-6H2. The molecule has 0 radical (unpaired) electrons. The summed E-state index contributed by atoms with van der Waals surface area (Å²) < 4.78 is 10.2. The highest BCUT2D eigenvalue weighted by Crippen LogP contribution is 2.20. The summed E-state index contributed by atoms with van der Waals surface area (Å²) in [7, 11) is 0. The molecule has 1 aliphatic heterocycles. The summed E-state index contributed by atoms with van der Waals surface area (Å²) in [5.41, 5.74) is 0. The molecule has 0 bridgehead atoms. The predicted molar refractivity (Wildman–Crippen MR) is 51.2 cm³/mol. The summed E-state index contributed by atoms with van der Waals surface area (Å²) in [6.07, 6.45) is 3.93. The second kappa shape index (κ2) is 4.61. The molecule has 0 aromatic carbocycles. The molecule has 2 rings (SSSR count). The van der Waals surface area contributed by atoms with E-state index in [4.69, 9.17) is 9.15 Å². The van der Waals surface area contributed by atoms with Crippen molar-refractivity contribution in [2.45, 2.75) is 11.6 Å². The predicted octanol–water partition coefficient (Wildman–Crippen LogP) is 1.37. The molecule has 4 nitrogen and oxygen atoms in total. The second-order valence-electron chi connectivity index (χ2n) is 3.11. The number of hydrogen-bond donors (Lipinski definition) is 0. The summed E-state index contributed by atoms with van der Waals surface area (Å²) >= 11 is 1.34. The molecule has 1 aliphatic rings. The topological polar surface area (TPSA) is 52.3 Å². The van der Waals surface area contributed by atoms with E-state index >= 15 is 0 Å². The number of carbonyl (C=O) groups excluding carboxylic acids is 1. The molecule has 1 aromatic heterocycles. The highest BCUT2D eigenvalue weighted by atomic mass is 32.2. The SMILES string of the molecule is O=C(CSc1ncco1)C1CCOC1. The number of aromatic nitrogens is 1. The van der Waals surface area contributed by atoms with Crippen LogP contribution in [0.2, 0.25) is 0 Å². The van der Waals surface area contributed by atoms with Crippen LogP contribution in [0.5, 0.6) is 0 Å². The molecule has 0 amide bonds. The summed E-state index contributed by atoms with van der Waals surface area (Å²) in [5.74, 6) is 0.734. The maximum Gasteiger partial charge on any atom is 0.255 e. The highest BCUT2D eigenvalue weighted by molar-refractivity contribution is 7.99. The van der Waals surface area contributed by atoms with Crippen molar-refractivity contribution in [1.82, 2.24) is 4.98 Å². The van der Waals surface area contributed by atoms with Gasteiger partial charge >= 0.3 is 0 Å². The summed E-state index contributed by atoms with van der Waals surface area (Å²) in [6, 6.07) is 0. The molecular formula is C9H11NO3S. The lowest BCUT2D eigenvalue weighted by Crippen LogP contribution is -2.16. The number of ketones is 1. The fourth-order valence-corrected chi connectivity index (χ4v) is 2.08. The van der Waals surface area contributed by atoms with Crippen molar-refractivity contribution in [3.8, 4) is 0 Å². The van der Waals surface area contributed by atoms with Gasteiger partial charge in [0.2, 0.25) is 0 Å².